The van der Waals surface area contributed by atoms with Gasteiger partial charge in [-0.1, -0.05) is 27.2 Å². The predicted molar refractivity (Wildman–Crippen MR) is 70.8 cm³/mol. The Bertz CT molecular complexity index is 276. The molecule has 0 atom stereocenters. The van der Waals surface area contributed by atoms with Gasteiger partial charge in [-0.15, -0.1) is 0 Å². The minimum absolute atomic E-state index is 0.367. The first kappa shape index (κ1) is 13.3. The Kier molecular flexibility index (Phi) is 3.30. The summed E-state index contributed by atoms with van der Waals surface area (Å²) in [6.45, 7) is 8.51. The zero-order valence-electron chi connectivity index (χ0n) is 11.6. The number of hydrogen-bond acceptors (Lipinski definition) is 3. The maximum atomic E-state index is 10.7. The molecule has 0 radical (unpaired) electrons. The van der Waals surface area contributed by atoms with Gasteiger partial charge in [0, 0.05) is 13.1 Å². The molecule has 2 fully saturated rings. The first-order valence-corrected chi connectivity index (χ1v) is 7.05. The monoisotopic (exact) mass is 240 g/mol. The molecule has 0 aromatic rings. The van der Waals surface area contributed by atoms with Crippen LogP contribution in [0, 0.1) is 11.3 Å². The van der Waals surface area contributed by atoms with E-state index in [0.29, 0.717) is 5.41 Å². The van der Waals surface area contributed by atoms with Gasteiger partial charge in [-0.3, -0.25) is 0 Å². The van der Waals surface area contributed by atoms with Crippen molar-refractivity contribution in [3.63, 3.8) is 0 Å². The van der Waals surface area contributed by atoms with Gasteiger partial charge < -0.3 is 16.2 Å². The van der Waals surface area contributed by atoms with Gasteiger partial charge in [0.15, 0.2) is 0 Å². The lowest BCUT2D eigenvalue weighted by Gasteiger charge is -2.54. The van der Waals surface area contributed by atoms with E-state index in [0.717, 1.165) is 44.7 Å². The predicted octanol–water partition coefficient (Wildman–Crippen LogP) is 1.64. The average molecular weight is 240 g/mol. The van der Waals surface area contributed by atoms with Crippen molar-refractivity contribution in [2.45, 2.75) is 64.0 Å². The number of aliphatic hydroxyl groups is 1. The van der Waals surface area contributed by atoms with Crippen LogP contribution in [-0.4, -0.2) is 29.3 Å². The van der Waals surface area contributed by atoms with Gasteiger partial charge in [-0.2, -0.15) is 0 Å². The molecule has 0 aromatic heterocycles. The maximum Gasteiger partial charge on any atom is 0.0851 e. The van der Waals surface area contributed by atoms with Gasteiger partial charge in [0.1, 0.15) is 0 Å². The summed E-state index contributed by atoms with van der Waals surface area (Å²) in [6.07, 6.45) is 5.20. The number of rotatable bonds is 3. The zero-order chi connectivity index (χ0) is 12.7. The largest absolute Gasteiger partial charge is 0.388 e. The van der Waals surface area contributed by atoms with Gasteiger partial charge in [-0.25, -0.2) is 0 Å². The molecule has 1 saturated heterocycles. The summed E-state index contributed by atoms with van der Waals surface area (Å²) in [7, 11) is 0. The minimum Gasteiger partial charge on any atom is -0.388 e. The fraction of sp³-hybridized carbons (Fsp3) is 1.00. The van der Waals surface area contributed by atoms with E-state index in [2.05, 4.69) is 26.1 Å². The van der Waals surface area contributed by atoms with Crippen LogP contribution in [0.15, 0.2) is 0 Å². The molecule has 100 valence electrons. The highest BCUT2D eigenvalue weighted by molar-refractivity contribution is 5.13. The molecule has 17 heavy (non-hydrogen) atoms. The normalized spacial score (nSPS) is 37.6. The molecule has 1 heterocycles. The lowest BCUT2D eigenvalue weighted by atomic mass is 9.61. The van der Waals surface area contributed by atoms with Crippen molar-refractivity contribution in [1.82, 2.24) is 5.32 Å². The summed E-state index contributed by atoms with van der Waals surface area (Å²) in [6, 6.07) is 0. The molecule has 3 nitrogen and oxygen atoms in total. The Morgan fingerprint density at radius 2 is 1.82 bits per heavy atom. The summed E-state index contributed by atoms with van der Waals surface area (Å²) in [5.74, 6) is 0.740. The third-order valence-electron chi connectivity index (χ3n) is 5.64. The molecule has 1 aliphatic heterocycles. The maximum absolute atomic E-state index is 10.7. The van der Waals surface area contributed by atoms with E-state index < -0.39 is 5.60 Å². The van der Waals surface area contributed by atoms with Crippen LogP contribution in [-0.2, 0) is 0 Å². The molecule has 1 saturated carbocycles. The second kappa shape index (κ2) is 4.22. The quantitative estimate of drug-likeness (QED) is 0.703. The second-order valence-electron chi connectivity index (χ2n) is 6.91. The van der Waals surface area contributed by atoms with Gasteiger partial charge >= 0.3 is 0 Å². The van der Waals surface area contributed by atoms with E-state index in [9.17, 15) is 5.11 Å². The lowest BCUT2D eigenvalue weighted by Crippen LogP contribution is -2.77. The summed E-state index contributed by atoms with van der Waals surface area (Å²) in [4.78, 5) is 0. The molecule has 0 bridgehead atoms. The van der Waals surface area contributed by atoms with Crippen LogP contribution in [0.5, 0.6) is 0 Å². The molecule has 0 unspecified atom stereocenters. The Hall–Kier alpha value is -0.120. The third-order valence-corrected chi connectivity index (χ3v) is 5.64. The second-order valence-corrected chi connectivity index (χ2v) is 6.91. The van der Waals surface area contributed by atoms with E-state index in [-0.39, 0.29) is 5.54 Å². The van der Waals surface area contributed by atoms with Crippen LogP contribution in [0.1, 0.15) is 52.9 Å². The first-order chi connectivity index (χ1) is 7.83. The van der Waals surface area contributed by atoms with Crippen molar-refractivity contribution >= 4 is 0 Å². The molecule has 1 aliphatic carbocycles. The van der Waals surface area contributed by atoms with Crippen molar-refractivity contribution in [3.8, 4) is 0 Å². The molecule has 2 rings (SSSR count). The Balaban J connectivity index is 1.98. The van der Waals surface area contributed by atoms with Crippen molar-refractivity contribution < 1.29 is 5.11 Å². The van der Waals surface area contributed by atoms with Gasteiger partial charge in [-0.05, 0) is 37.0 Å². The Labute approximate surface area is 105 Å². The minimum atomic E-state index is -0.626. The standard InChI is InChI=1S/C14H28N2O/c1-4-12(2,3)11-5-7-14(17,8-6-11)13(15)9-16-10-13/h11,16-17H,4-10,15H2,1-3H3. The lowest BCUT2D eigenvalue weighted by molar-refractivity contribution is -0.101. The first-order valence-electron chi connectivity index (χ1n) is 7.05. The molecule has 3 heteroatoms. The average Bonchev–Trinajstić information content (AvgIpc) is 2.26. The van der Waals surface area contributed by atoms with Gasteiger partial charge in [0.05, 0.1) is 11.1 Å². The van der Waals surface area contributed by atoms with Crippen molar-refractivity contribution in [2.75, 3.05) is 13.1 Å². The summed E-state index contributed by atoms with van der Waals surface area (Å²) < 4.78 is 0. The van der Waals surface area contributed by atoms with Gasteiger partial charge in [0.25, 0.3) is 0 Å². The topological polar surface area (TPSA) is 58.3 Å². The van der Waals surface area contributed by atoms with Crippen LogP contribution in [0.2, 0.25) is 0 Å². The molecule has 0 aromatic carbocycles. The van der Waals surface area contributed by atoms with Crippen molar-refractivity contribution in [2.24, 2.45) is 17.1 Å². The molecular formula is C14H28N2O. The van der Waals surface area contributed by atoms with Crippen LogP contribution in [0.3, 0.4) is 0 Å². The number of nitrogens with two attached hydrogens (primary N) is 1. The highest BCUT2D eigenvalue weighted by Gasteiger charge is 2.53. The molecule has 0 spiro atoms. The van der Waals surface area contributed by atoms with Crippen molar-refractivity contribution in [1.29, 1.82) is 0 Å². The fourth-order valence-electron chi connectivity index (χ4n) is 3.39. The van der Waals surface area contributed by atoms with E-state index in [1.807, 2.05) is 0 Å². The SMILES string of the molecule is CCC(C)(C)C1CCC(O)(C2(N)CNC2)CC1. The summed E-state index contributed by atoms with van der Waals surface area (Å²) in [5, 5.41) is 13.9. The Morgan fingerprint density at radius 3 is 2.18 bits per heavy atom. The van der Waals surface area contributed by atoms with Crippen LogP contribution < -0.4 is 11.1 Å². The fourth-order valence-corrected chi connectivity index (χ4v) is 3.39. The number of nitrogens with one attached hydrogen (secondary N) is 1. The summed E-state index contributed by atoms with van der Waals surface area (Å²) in [5.41, 5.74) is 5.70. The van der Waals surface area contributed by atoms with Crippen LogP contribution in [0.4, 0.5) is 0 Å². The molecule has 2 aliphatic rings. The molecule has 4 N–H and O–H groups in total. The number of hydrogen-bond donors (Lipinski definition) is 3. The van der Waals surface area contributed by atoms with Crippen LogP contribution in [0.25, 0.3) is 0 Å². The van der Waals surface area contributed by atoms with E-state index in [1.165, 1.54) is 6.42 Å². The van der Waals surface area contributed by atoms with Crippen molar-refractivity contribution in [3.05, 3.63) is 0 Å². The van der Waals surface area contributed by atoms with E-state index >= 15 is 0 Å². The molecular weight excluding hydrogens is 212 g/mol. The smallest absolute Gasteiger partial charge is 0.0851 e. The highest BCUT2D eigenvalue weighted by atomic mass is 16.3. The summed E-state index contributed by atoms with van der Waals surface area (Å²) >= 11 is 0. The highest BCUT2D eigenvalue weighted by Crippen LogP contribution is 2.46. The van der Waals surface area contributed by atoms with E-state index in [1.54, 1.807) is 0 Å². The third kappa shape index (κ3) is 2.13. The zero-order valence-corrected chi connectivity index (χ0v) is 11.6. The van der Waals surface area contributed by atoms with Crippen LogP contribution >= 0.6 is 0 Å². The van der Waals surface area contributed by atoms with E-state index in [4.69, 9.17) is 5.73 Å². The van der Waals surface area contributed by atoms with Gasteiger partial charge in [0.2, 0.25) is 0 Å². The Morgan fingerprint density at radius 1 is 1.29 bits per heavy atom. The molecule has 0 amide bonds.